The van der Waals surface area contributed by atoms with Crippen LogP contribution in [0.25, 0.3) is 0 Å². The Morgan fingerprint density at radius 3 is 2.79 bits per heavy atom. The SMILES string of the molecule is CN(CCc1ccc(F)cc1)CCC1CNCCO1. The van der Waals surface area contributed by atoms with Crippen LogP contribution in [0.1, 0.15) is 12.0 Å². The molecule has 1 aromatic carbocycles. The minimum atomic E-state index is -0.168. The standard InChI is InChI=1S/C15H23FN2O/c1-18(10-7-15-12-17-8-11-19-15)9-6-13-2-4-14(16)5-3-13/h2-5,15,17H,6-12H2,1H3. The van der Waals surface area contributed by atoms with E-state index < -0.39 is 0 Å². The van der Waals surface area contributed by atoms with Crippen LogP contribution in [0.3, 0.4) is 0 Å². The first-order valence-corrected chi connectivity index (χ1v) is 6.99. The number of nitrogens with zero attached hydrogens (tertiary/aromatic N) is 1. The van der Waals surface area contributed by atoms with Crippen LogP contribution in [0.5, 0.6) is 0 Å². The van der Waals surface area contributed by atoms with Gasteiger partial charge in [0.15, 0.2) is 0 Å². The molecule has 1 atom stereocenters. The lowest BCUT2D eigenvalue weighted by atomic mass is 10.1. The van der Waals surface area contributed by atoms with Gasteiger partial charge in [-0.1, -0.05) is 12.1 Å². The maximum Gasteiger partial charge on any atom is 0.123 e. The van der Waals surface area contributed by atoms with Gasteiger partial charge in [-0.25, -0.2) is 4.39 Å². The van der Waals surface area contributed by atoms with Gasteiger partial charge in [0.2, 0.25) is 0 Å². The predicted octanol–water partition coefficient (Wildman–Crippen LogP) is 1.68. The molecule has 0 aromatic heterocycles. The summed E-state index contributed by atoms with van der Waals surface area (Å²) < 4.78 is 18.5. The molecule has 1 aliphatic heterocycles. The van der Waals surface area contributed by atoms with Crippen LogP contribution >= 0.6 is 0 Å². The first-order chi connectivity index (χ1) is 9.24. The van der Waals surface area contributed by atoms with Crippen molar-refractivity contribution >= 4 is 0 Å². The average molecular weight is 266 g/mol. The number of rotatable bonds is 6. The highest BCUT2D eigenvalue weighted by Crippen LogP contribution is 2.06. The van der Waals surface area contributed by atoms with Gasteiger partial charge in [-0.15, -0.1) is 0 Å². The van der Waals surface area contributed by atoms with Gasteiger partial charge in [0, 0.05) is 26.2 Å². The molecule has 3 nitrogen and oxygen atoms in total. The molecule has 1 aromatic rings. The highest BCUT2D eigenvalue weighted by Gasteiger charge is 2.13. The fourth-order valence-electron chi connectivity index (χ4n) is 2.25. The van der Waals surface area contributed by atoms with Crippen LogP contribution in [-0.4, -0.2) is 50.8 Å². The van der Waals surface area contributed by atoms with Crippen molar-refractivity contribution in [3.8, 4) is 0 Å². The van der Waals surface area contributed by atoms with Crippen molar-refractivity contribution in [3.05, 3.63) is 35.6 Å². The molecule has 0 spiro atoms. The molecular formula is C15H23FN2O. The Hall–Kier alpha value is -0.970. The summed E-state index contributed by atoms with van der Waals surface area (Å²) in [6.07, 6.45) is 2.37. The second kappa shape index (κ2) is 7.58. The summed E-state index contributed by atoms with van der Waals surface area (Å²) in [6.45, 7) is 4.78. The van der Waals surface area contributed by atoms with E-state index in [9.17, 15) is 4.39 Å². The van der Waals surface area contributed by atoms with E-state index in [2.05, 4.69) is 17.3 Å². The second-order valence-corrected chi connectivity index (χ2v) is 5.17. The first kappa shape index (κ1) is 14.4. The van der Waals surface area contributed by atoms with E-state index in [1.54, 1.807) is 0 Å². The van der Waals surface area contributed by atoms with Gasteiger partial charge < -0.3 is 15.0 Å². The highest BCUT2D eigenvalue weighted by molar-refractivity contribution is 5.16. The Balaban J connectivity index is 1.63. The lowest BCUT2D eigenvalue weighted by molar-refractivity contribution is 0.0188. The summed E-state index contributed by atoms with van der Waals surface area (Å²) in [6, 6.07) is 6.77. The molecule has 4 heteroatoms. The van der Waals surface area contributed by atoms with Gasteiger partial charge in [-0.05, 0) is 37.6 Å². The van der Waals surface area contributed by atoms with E-state index in [4.69, 9.17) is 4.74 Å². The number of hydrogen-bond donors (Lipinski definition) is 1. The minimum Gasteiger partial charge on any atom is -0.376 e. The number of nitrogens with one attached hydrogen (secondary N) is 1. The third-order valence-corrected chi connectivity index (χ3v) is 3.53. The third-order valence-electron chi connectivity index (χ3n) is 3.53. The van der Waals surface area contributed by atoms with E-state index in [-0.39, 0.29) is 5.82 Å². The Morgan fingerprint density at radius 1 is 1.32 bits per heavy atom. The zero-order valence-electron chi connectivity index (χ0n) is 11.6. The van der Waals surface area contributed by atoms with E-state index in [0.717, 1.165) is 45.6 Å². The lowest BCUT2D eigenvalue weighted by Crippen LogP contribution is -2.40. The maximum absolute atomic E-state index is 12.8. The number of halogens is 1. The summed E-state index contributed by atoms with van der Waals surface area (Å²) in [7, 11) is 2.12. The van der Waals surface area contributed by atoms with Crippen LogP contribution < -0.4 is 5.32 Å². The summed E-state index contributed by atoms with van der Waals surface area (Å²) in [5, 5.41) is 3.34. The minimum absolute atomic E-state index is 0.168. The second-order valence-electron chi connectivity index (χ2n) is 5.17. The molecular weight excluding hydrogens is 243 g/mol. The normalized spacial score (nSPS) is 19.8. The number of morpholine rings is 1. The molecule has 1 heterocycles. The van der Waals surface area contributed by atoms with Crippen molar-refractivity contribution in [3.63, 3.8) is 0 Å². The molecule has 0 saturated carbocycles. The Morgan fingerprint density at radius 2 is 2.11 bits per heavy atom. The van der Waals surface area contributed by atoms with Gasteiger partial charge >= 0.3 is 0 Å². The van der Waals surface area contributed by atoms with Crippen LogP contribution in [0, 0.1) is 5.82 Å². The van der Waals surface area contributed by atoms with Gasteiger partial charge in [0.1, 0.15) is 5.82 Å². The van der Waals surface area contributed by atoms with Crippen LogP contribution in [0.2, 0.25) is 0 Å². The molecule has 1 saturated heterocycles. The van der Waals surface area contributed by atoms with Gasteiger partial charge in [-0.3, -0.25) is 0 Å². The quantitative estimate of drug-likeness (QED) is 0.848. The molecule has 1 aliphatic rings. The van der Waals surface area contributed by atoms with Crippen molar-refractivity contribution in [1.29, 1.82) is 0 Å². The fraction of sp³-hybridized carbons (Fsp3) is 0.600. The highest BCUT2D eigenvalue weighted by atomic mass is 19.1. The van der Waals surface area contributed by atoms with E-state index in [1.807, 2.05) is 12.1 Å². The van der Waals surface area contributed by atoms with Crippen molar-refractivity contribution in [2.45, 2.75) is 18.9 Å². The molecule has 0 aliphatic carbocycles. The van der Waals surface area contributed by atoms with Crippen molar-refractivity contribution in [2.24, 2.45) is 0 Å². The summed E-state index contributed by atoms with van der Waals surface area (Å²) >= 11 is 0. The molecule has 0 radical (unpaired) electrons. The largest absolute Gasteiger partial charge is 0.376 e. The summed E-state index contributed by atoms with van der Waals surface area (Å²) in [4.78, 5) is 2.31. The molecule has 0 amide bonds. The topological polar surface area (TPSA) is 24.5 Å². The Kier molecular flexibility index (Phi) is 5.76. The van der Waals surface area contributed by atoms with Gasteiger partial charge in [-0.2, -0.15) is 0 Å². The van der Waals surface area contributed by atoms with Crippen molar-refractivity contribution < 1.29 is 9.13 Å². The fourth-order valence-corrected chi connectivity index (χ4v) is 2.25. The number of ether oxygens (including phenoxy) is 1. The predicted molar refractivity (Wildman–Crippen MR) is 74.8 cm³/mol. The van der Waals surface area contributed by atoms with Crippen LogP contribution in [0.15, 0.2) is 24.3 Å². The molecule has 2 rings (SSSR count). The molecule has 106 valence electrons. The van der Waals surface area contributed by atoms with Gasteiger partial charge in [0.25, 0.3) is 0 Å². The monoisotopic (exact) mass is 266 g/mol. The average Bonchev–Trinajstić information content (AvgIpc) is 2.45. The number of hydrogen-bond acceptors (Lipinski definition) is 3. The Bertz CT molecular complexity index is 363. The smallest absolute Gasteiger partial charge is 0.123 e. The van der Waals surface area contributed by atoms with E-state index in [1.165, 1.54) is 17.7 Å². The van der Waals surface area contributed by atoms with Crippen LogP contribution in [0.4, 0.5) is 4.39 Å². The maximum atomic E-state index is 12.8. The summed E-state index contributed by atoms with van der Waals surface area (Å²) in [5.74, 6) is -0.168. The Labute approximate surface area is 114 Å². The zero-order valence-corrected chi connectivity index (χ0v) is 11.6. The van der Waals surface area contributed by atoms with Crippen molar-refractivity contribution in [2.75, 3.05) is 39.8 Å². The molecule has 0 bridgehead atoms. The van der Waals surface area contributed by atoms with Gasteiger partial charge in [0.05, 0.1) is 12.7 Å². The lowest BCUT2D eigenvalue weighted by Gasteiger charge is -2.25. The molecule has 19 heavy (non-hydrogen) atoms. The first-order valence-electron chi connectivity index (χ1n) is 6.99. The van der Waals surface area contributed by atoms with Crippen LogP contribution in [-0.2, 0) is 11.2 Å². The van der Waals surface area contributed by atoms with Crippen molar-refractivity contribution in [1.82, 2.24) is 10.2 Å². The third kappa shape index (κ3) is 5.27. The number of benzene rings is 1. The molecule has 1 fully saturated rings. The molecule has 1 N–H and O–H groups in total. The van der Waals surface area contributed by atoms with E-state index >= 15 is 0 Å². The zero-order chi connectivity index (χ0) is 13.5. The van der Waals surface area contributed by atoms with E-state index in [0.29, 0.717) is 6.10 Å². The number of likely N-dealkylation sites (N-methyl/N-ethyl adjacent to an activating group) is 1. The summed E-state index contributed by atoms with van der Waals surface area (Å²) in [5.41, 5.74) is 1.18. The molecule has 1 unspecified atom stereocenters.